The van der Waals surface area contributed by atoms with E-state index in [0.29, 0.717) is 17.9 Å². The van der Waals surface area contributed by atoms with Crippen LogP contribution in [0.15, 0.2) is 42.5 Å². The highest BCUT2D eigenvalue weighted by Crippen LogP contribution is 2.26. The van der Waals surface area contributed by atoms with Crippen LogP contribution in [0.5, 0.6) is 5.75 Å². The van der Waals surface area contributed by atoms with Crippen LogP contribution in [-0.4, -0.2) is 23.3 Å². The molecule has 3 rings (SSSR count). The van der Waals surface area contributed by atoms with Gasteiger partial charge < -0.3 is 10.4 Å². The van der Waals surface area contributed by atoms with E-state index >= 15 is 0 Å². The monoisotopic (exact) mass is 281 g/mol. The number of aldehydes is 1. The molecule has 1 amide bonds. The lowest BCUT2D eigenvalue weighted by molar-refractivity contribution is 0.0950. The van der Waals surface area contributed by atoms with Crippen molar-refractivity contribution >= 4 is 12.2 Å². The summed E-state index contributed by atoms with van der Waals surface area (Å²) in [7, 11) is 0. The summed E-state index contributed by atoms with van der Waals surface area (Å²) in [6.07, 6.45) is 2.71. The highest BCUT2D eigenvalue weighted by Gasteiger charge is 2.23. The van der Waals surface area contributed by atoms with Gasteiger partial charge in [0.2, 0.25) is 0 Å². The molecule has 0 spiro atoms. The minimum atomic E-state index is -0.0752. The average Bonchev–Trinajstić information content (AvgIpc) is 3.32. The molecule has 0 radical (unpaired) electrons. The van der Waals surface area contributed by atoms with Crippen LogP contribution in [0.2, 0.25) is 0 Å². The molecule has 0 bridgehead atoms. The Hall–Kier alpha value is -2.62. The Balaban J connectivity index is 1.91. The zero-order valence-electron chi connectivity index (χ0n) is 11.4. The Bertz CT molecular complexity index is 705. The molecule has 0 aromatic heterocycles. The maximum absolute atomic E-state index is 12.0. The maximum atomic E-state index is 12.0. The number of phenolic OH excluding ortho intramolecular Hbond substituents is 1. The summed E-state index contributed by atoms with van der Waals surface area (Å²) >= 11 is 0. The fourth-order valence-corrected chi connectivity index (χ4v) is 2.16. The minimum absolute atomic E-state index is 0.0450. The molecule has 21 heavy (non-hydrogen) atoms. The van der Waals surface area contributed by atoms with Crippen LogP contribution in [0.3, 0.4) is 0 Å². The van der Waals surface area contributed by atoms with Gasteiger partial charge in [0.15, 0.2) is 6.29 Å². The predicted octanol–water partition coefficient (Wildman–Crippen LogP) is 2.76. The molecule has 0 unspecified atom stereocenters. The fraction of sp³-hybridized carbons (Fsp3) is 0.176. The number of amides is 1. The van der Waals surface area contributed by atoms with Crippen molar-refractivity contribution in [1.82, 2.24) is 5.32 Å². The third-order valence-corrected chi connectivity index (χ3v) is 3.53. The molecule has 4 nitrogen and oxygen atoms in total. The van der Waals surface area contributed by atoms with Crippen LogP contribution in [-0.2, 0) is 0 Å². The molecule has 2 N–H and O–H groups in total. The van der Waals surface area contributed by atoms with Gasteiger partial charge in [-0.3, -0.25) is 9.59 Å². The number of carbonyl (C=O) groups excluding carboxylic acids is 2. The Kier molecular flexibility index (Phi) is 3.44. The van der Waals surface area contributed by atoms with Gasteiger partial charge in [-0.2, -0.15) is 0 Å². The first-order valence-electron chi connectivity index (χ1n) is 6.87. The zero-order valence-corrected chi connectivity index (χ0v) is 11.4. The minimum Gasteiger partial charge on any atom is -0.507 e. The van der Waals surface area contributed by atoms with Crippen molar-refractivity contribution in [1.29, 1.82) is 0 Å². The molecule has 1 aliphatic rings. The number of hydrogen-bond donors (Lipinski definition) is 2. The lowest BCUT2D eigenvalue weighted by Gasteiger charge is -2.07. The van der Waals surface area contributed by atoms with Gasteiger partial charge in [-0.1, -0.05) is 18.2 Å². The predicted molar refractivity (Wildman–Crippen MR) is 79.4 cm³/mol. The lowest BCUT2D eigenvalue weighted by atomic mass is 10.0. The summed E-state index contributed by atoms with van der Waals surface area (Å²) in [6.45, 7) is 0. The van der Waals surface area contributed by atoms with E-state index in [9.17, 15) is 14.7 Å². The Morgan fingerprint density at radius 2 is 1.90 bits per heavy atom. The quantitative estimate of drug-likeness (QED) is 0.847. The Morgan fingerprint density at radius 3 is 2.62 bits per heavy atom. The molecule has 0 aliphatic heterocycles. The fourth-order valence-electron chi connectivity index (χ4n) is 2.16. The van der Waals surface area contributed by atoms with E-state index in [0.717, 1.165) is 24.0 Å². The molecule has 0 heterocycles. The molecule has 0 saturated heterocycles. The van der Waals surface area contributed by atoms with Gasteiger partial charge in [0.05, 0.1) is 5.56 Å². The number of aromatic hydroxyl groups is 1. The highest BCUT2D eigenvalue weighted by atomic mass is 16.3. The van der Waals surface area contributed by atoms with Crippen molar-refractivity contribution in [3.63, 3.8) is 0 Å². The molecule has 0 atom stereocenters. The van der Waals surface area contributed by atoms with Crippen LogP contribution in [0.1, 0.15) is 33.6 Å². The second kappa shape index (κ2) is 5.40. The first kappa shape index (κ1) is 13.4. The summed E-state index contributed by atoms with van der Waals surface area (Å²) in [6, 6.07) is 12.4. The molecule has 2 aromatic rings. The van der Waals surface area contributed by atoms with Crippen molar-refractivity contribution in [3.8, 4) is 16.9 Å². The van der Waals surface area contributed by atoms with E-state index in [1.54, 1.807) is 24.3 Å². The summed E-state index contributed by atoms with van der Waals surface area (Å²) in [5.41, 5.74) is 2.46. The molecule has 4 heteroatoms. The summed E-state index contributed by atoms with van der Waals surface area (Å²) in [5, 5.41) is 12.5. The summed E-state index contributed by atoms with van der Waals surface area (Å²) in [5.74, 6) is -0.120. The molecule has 106 valence electrons. The molecular formula is C17H15NO3. The normalized spacial score (nSPS) is 13.7. The Morgan fingerprint density at radius 1 is 1.14 bits per heavy atom. The smallest absolute Gasteiger partial charge is 0.251 e. The lowest BCUT2D eigenvalue weighted by Crippen LogP contribution is -2.25. The molecule has 1 aliphatic carbocycles. The standard InChI is InChI=1S/C17H15NO3/c19-10-14-9-12(4-7-16(14)20)11-2-1-3-13(8-11)17(21)18-15-5-6-15/h1-4,7-10,15,20H,5-6H2,(H,18,21). The van der Waals surface area contributed by atoms with Gasteiger partial charge in [-0.15, -0.1) is 0 Å². The average molecular weight is 281 g/mol. The van der Waals surface area contributed by atoms with Gasteiger partial charge in [-0.05, 0) is 48.2 Å². The number of rotatable bonds is 4. The van der Waals surface area contributed by atoms with Crippen LogP contribution >= 0.6 is 0 Å². The van der Waals surface area contributed by atoms with Gasteiger partial charge in [0.25, 0.3) is 5.91 Å². The topological polar surface area (TPSA) is 66.4 Å². The van der Waals surface area contributed by atoms with Crippen molar-refractivity contribution in [3.05, 3.63) is 53.6 Å². The van der Waals surface area contributed by atoms with Crippen molar-refractivity contribution in [2.24, 2.45) is 0 Å². The van der Waals surface area contributed by atoms with Gasteiger partial charge in [0.1, 0.15) is 5.75 Å². The largest absolute Gasteiger partial charge is 0.507 e. The SMILES string of the molecule is O=Cc1cc(-c2cccc(C(=O)NC3CC3)c2)ccc1O. The number of carbonyl (C=O) groups is 2. The molecule has 1 saturated carbocycles. The van der Waals surface area contributed by atoms with E-state index < -0.39 is 0 Å². The van der Waals surface area contributed by atoms with Crippen LogP contribution < -0.4 is 5.32 Å². The summed E-state index contributed by atoms with van der Waals surface area (Å²) < 4.78 is 0. The molecular weight excluding hydrogens is 266 g/mol. The van der Waals surface area contributed by atoms with E-state index in [2.05, 4.69) is 5.32 Å². The van der Waals surface area contributed by atoms with E-state index in [4.69, 9.17) is 0 Å². The van der Waals surface area contributed by atoms with Crippen molar-refractivity contribution in [2.45, 2.75) is 18.9 Å². The van der Waals surface area contributed by atoms with Gasteiger partial charge >= 0.3 is 0 Å². The van der Waals surface area contributed by atoms with Crippen molar-refractivity contribution in [2.75, 3.05) is 0 Å². The first-order valence-corrected chi connectivity index (χ1v) is 6.87. The van der Waals surface area contributed by atoms with E-state index in [-0.39, 0.29) is 17.2 Å². The number of hydrogen-bond acceptors (Lipinski definition) is 3. The number of phenols is 1. The Labute approximate surface area is 122 Å². The third kappa shape index (κ3) is 2.94. The van der Waals surface area contributed by atoms with Crippen LogP contribution in [0.25, 0.3) is 11.1 Å². The van der Waals surface area contributed by atoms with Crippen LogP contribution in [0, 0.1) is 0 Å². The zero-order chi connectivity index (χ0) is 14.8. The van der Waals surface area contributed by atoms with E-state index in [1.165, 1.54) is 6.07 Å². The number of nitrogens with one attached hydrogen (secondary N) is 1. The maximum Gasteiger partial charge on any atom is 0.251 e. The molecule has 2 aromatic carbocycles. The van der Waals surface area contributed by atoms with E-state index in [1.807, 2.05) is 12.1 Å². The van der Waals surface area contributed by atoms with Gasteiger partial charge in [0, 0.05) is 11.6 Å². The summed E-state index contributed by atoms with van der Waals surface area (Å²) in [4.78, 5) is 22.9. The first-order chi connectivity index (χ1) is 10.2. The van der Waals surface area contributed by atoms with Crippen LogP contribution in [0.4, 0.5) is 0 Å². The number of benzene rings is 2. The molecule has 1 fully saturated rings. The highest BCUT2D eigenvalue weighted by molar-refractivity contribution is 5.96. The van der Waals surface area contributed by atoms with Gasteiger partial charge in [-0.25, -0.2) is 0 Å². The third-order valence-electron chi connectivity index (χ3n) is 3.53. The second-order valence-electron chi connectivity index (χ2n) is 5.22. The second-order valence-corrected chi connectivity index (χ2v) is 5.22. The van der Waals surface area contributed by atoms with Crippen molar-refractivity contribution < 1.29 is 14.7 Å².